The van der Waals surface area contributed by atoms with Crippen LogP contribution in [0.4, 0.5) is 0 Å². The third-order valence-electron chi connectivity index (χ3n) is 3.18. The molecule has 120 valence electrons. The first kappa shape index (κ1) is 19.4. The fourth-order valence-electron chi connectivity index (χ4n) is 2.23. The first-order valence-electron chi connectivity index (χ1n) is 7.59. The van der Waals surface area contributed by atoms with Gasteiger partial charge in [-0.15, -0.1) is 0 Å². The Kier molecular flexibility index (Phi) is 9.01. The lowest BCUT2D eigenvalue weighted by Gasteiger charge is -2.31. The van der Waals surface area contributed by atoms with Crippen molar-refractivity contribution in [3.63, 3.8) is 0 Å². The molecule has 0 fully saturated rings. The molecule has 5 nitrogen and oxygen atoms in total. The number of rotatable bonds is 9. The summed E-state index contributed by atoms with van der Waals surface area (Å²) in [6.45, 7) is 11.6. The van der Waals surface area contributed by atoms with Crippen molar-refractivity contribution < 1.29 is 4.79 Å². The maximum atomic E-state index is 12.0. The van der Waals surface area contributed by atoms with Gasteiger partial charge in [0, 0.05) is 24.5 Å². The van der Waals surface area contributed by atoms with Gasteiger partial charge in [0.1, 0.15) is 0 Å². The molecule has 0 rings (SSSR count). The zero-order valence-electron chi connectivity index (χ0n) is 14.2. The molecule has 0 aromatic heterocycles. The molecule has 1 amide bonds. The van der Waals surface area contributed by atoms with Crippen molar-refractivity contribution >= 4 is 5.91 Å². The van der Waals surface area contributed by atoms with E-state index in [1.807, 2.05) is 20.8 Å². The maximum absolute atomic E-state index is 12.0. The summed E-state index contributed by atoms with van der Waals surface area (Å²) in [6.07, 6.45) is 1.57. The van der Waals surface area contributed by atoms with Gasteiger partial charge in [-0.25, -0.2) is 0 Å². The van der Waals surface area contributed by atoms with Gasteiger partial charge in [0.05, 0.1) is 0 Å². The first-order chi connectivity index (χ1) is 9.19. The van der Waals surface area contributed by atoms with Crippen LogP contribution in [0.25, 0.3) is 0 Å². The summed E-state index contributed by atoms with van der Waals surface area (Å²) in [4.78, 5) is 16.5. The summed E-state index contributed by atoms with van der Waals surface area (Å²) in [5.41, 5.74) is 5.68. The Hall–Kier alpha value is -0.650. The van der Waals surface area contributed by atoms with Gasteiger partial charge in [0.2, 0.25) is 5.91 Å². The second-order valence-corrected chi connectivity index (χ2v) is 6.68. The van der Waals surface area contributed by atoms with Crippen molar-refractivity contribution in [3.8, 4) is 0 Å². The number of hydrogen-bond donors (Lipinski definition) is 2. The number of nitrogens with two attached hydrogens (primary N) is 1. The van der Waals surface area contributed by atoms with Crippen molar-refractivity contribution in [1.29, 1.82) is 0 Å². The summed E-state index contributed by atoms with van der Waals surface area (Å²) in [5, 5.41) is 3.01. The van der Waals surface area contributed by atoms with Gasteiger partial charge in [-0.1, -0.05) is 6.92 Å². The standard InChI is InChI=1S/C15H34N4O/c1-7-19(10-8-9-18(5)6)13(12-16)11-14(20)17-15(2,3)4/h13H,7-12,16H2,1-6H3,(H,17,20). The number of amides is 1. The van der Waals surface area contributed by atoms with Crippen LogP contribution in [0.5, 0.6) is 0 Å². The fraction of sp³-hybridized carbons (Fsp3) is 0.933. The van der Waals surface area contributed by atoms with Crippen LogP contribution in [0, 0.1) is 0 Å². The average molecular weight is 286 g/mol. The summed E-state index contributed by atoms with van der Waals surface area (Å²) in [6, 6.07) is 0.129. The molecule has 0 aliphatic carbocycles. The molecule has 0 aliphatic heterocycles. The Morgan fingerprint density at radius 2 is 1.85 bits per heavy atom. The molecule has 0 radical (unpaired) electrons. The van der Waals surface area contributed by atoms with Crippen LogP contribution in [0.3, 0.4) is 0 Å². The Morgan fingerprint density at radius 1 is 1.25 bits per heavy atom. The average Bonchev–Trinajstić information content (AvgIpc) is 2.29. The van der Waals surface area contributed by atoms with Crippen LogP contribution in [-0.2, 0) is 4.79 Å². The van der Waals surface area contributed by atoms with Crippen LogP contribution < -0.4 is 11.1 Å². The topological polar surface area (TPSA) is 61.6 Å². The number of nitrogens with zero attached hydrogens (tertiary/aromatic N) is 2. The van der Waals surface area contributed by atoms with Crippen LogP contribution in [-0.4, -0.2) is 67.6 Å². The largest absolute Gasteiger partial charge is 0.351 e. The minimum absolute atomic E-state index is 0.0824. The molecule has 3 N–H and O–H groups in total. The van der Waals surface area contributed by atoms with Gasteiger partial charge in [-0.3, -0.25) is 9.69 Å². The molecule has 0 saturated heterocycles. The lowest BCUT2D eigenvalue weighted by molar-refractivity contribution is -0.123. The smallest absolute Gasteiger partial charge is 0.222 e. The molecule has 20 heavy (non-hydrogen) atoms. The van der Waals surface area contributed by atoms with E-state index >= 15 is 0 Å². The number of nitrogens with one attached hydrogen (secondary N) is 1. The fourth-order valence-corrected chi connectivity index (χ4v) is 2.23. The molecule has 0 bridgehead atoms. The van der Waals surface area contributed by atoms with Crippen molar-refractivity contribution in [3.05, 3.63) is 0 Å². The Labute approximate surface area is 124 Å². The maximum Gasteiger partial charge on any atom is 0.222 e. The van der Waals surface area contributed by atoms with E-state index in [4.69, 9.17) is 5.73 Å². The molecular weight excluding hydrogens is 252 g/mol. The molecule has 1 atom stereocenters. The van der Waals surface area contributed by atoms with E-state index < -0.39 is 0 Å². The number of hydrogen-bond acceptors (Lipinski definition) is 4. The van der Waals surface area contributed by atoms with Gasteiger partial charge >= 0.3 is 0 Å². The van der Waals surface area contributed by atoms with Crippen molar-refractivity contribution in [2.75, 3.05) is 40.3 Å². The summed E-state index contributed by atoms with van der Waals surface area (Å²) in [5.74, 6) is 0.0824. The third-order valence-corrected chi connectivity index (χ3v) is 3.18. The monoisotopic (exact) mass is 286 g/mol. The molecule has 0 saturated carbocycles. The van der Waals surface area contributed by atoms with Gasteiger partial charge in [-0.05, 0) is 60.9 Å². The number of carbonyl (C=O) groups is 1. The van der Waals surface area contributed by atoms with Crippen molar-refractivity contribution in [2.45, 2.75) is 52.1 Å². The van der Waals surface area contributed by atoms with Gasteiger partial charge in [0.25, 0.3) is 0 Å². The molecule has 0 aromatic rings. The van der Waals surface area contributed by atoms with Gasteiger partial charge in [-0.2, -0.15) is 0 Å². The van der Waals surface area contributed by atoms with Crippen LogP contribution in [0.15, 0.2) is 0 Å². The molecule has 0 spiro atoms. The second-order valence-electron chi connectivity index (χ2n) is 6.68. The predicted molar refractivity (Wildman–Crippen MR) is 85.8 cm³/mol. The highest BCUT2D eigenvalue weighted by Gasteiger charge is 2.21. The van der Waals surface area contributed by atoms with E-state index in [0.717, 1.165) is 26.1 Å². The van der Waals surface area contributed by atoms with E-state index in [9.17, 15) is 4.79 Å². The molecule has 0 aromatic carbocycles. The highest BCUT2D eigenvalue weighted by molar-refractivity contribution is 5.77. The number of carbonyl (C=O) groups excluding carboxylic acids is 1. The normalized spacial score (nSPS) is 13.8. The van der Waals surface area contributed by atoms with E-state index in [0.29, 0.717) is 13.0 Å². The summed E-state index contributed by atoms with van der Waals surface area (Å²) < 4.78 is 0. The van der Waals surface area contributed by atoms with Crippen molar-refractivity contribution in [2.24, 2.45) is 5.73 Å². The van der Waals surface area contributed by atoms with E-state index in [1.165, 1.54) is 0 Å². The number of likely N-dealkylation sites (N-methyl/N-ethyl adjacent to an activating group) is 1. The highest BCUT2D eigenvalue weighted by atomic mass is 16.1. The lowest BCUT2D eigenvalue weighted by Crippen LogP contribution is -2.47. The van der Waals surface area contributed by atoms with Crippen LogP contribution in [0.2, 0.25) is 0 Å². The molecular formula is C15H34N4O. The summed E-state index contributed by atoms with van der Waals surface area (Å²) >= 11 is 0. The minimum Gasteiger partial charge on any atom is -0.351 e. The second kappa shape index (κ2) is 9.32. The lowest BCUT2D eigenvalue weighted by atomic mass is 10.1. The van der Waals surface area contributed by atoms with E-state index in [-0.39, 0.29) is 17.5 Å². The van der Waals surface area contributed by atoms with E-state index in [2.05, 4.69) is 36.1 Å². The first-order valence-corrected chi connectivity index (χ1v) is 7.59. The summed E-state index contributed by atoms with van der Waals surface area (Å²) in [7, 11) is 4.15. The SMILES string of the molecule is CCN(CCCN(C)C)C(CN)CC(=O)NC(C)(C)C. The molecule has 0 aliphatic rings. The zero-order chi connectivity index (χ0) is 15.8. The Balaban J connectivity index is 4.35. The minimum atomic E-state index is -0.182. The highest BCUT2D eigenvalue weighted by Crippen LogP contribution is 2.07. The third kappa shape index (κ3) is 9.28. The van der Waals surface area contributed by atoms with Gasteiger partial charge in [0.15, 0.2) is 0 Å². The van der Waals surface area contributed by atoms with E-state index in [1.54, 1.807) is 0 Å². The molecule has 5 heteroatoms. The van der Waals surface area contributed by atoms with Gasteiger partial charge < -0.3 is 16.0 Å². The van der Waals surface area contributed by atoms with Crippen LogP contribution >= 0.6 is 0 Å². The zero-order valence-corrected chi connectivity index (χ0v) is 14.2. The Bertz CT molecular complexity index is 274. The predicted octanol–water partition coefficient (Wildman–Crippen LogP) is 0.892. The quantitative estimate of drug-likeness (QED) is 0.661. The molecule has 1 unspecified atom stereocenters. The molecule has 0 heterocycles. The van der Waals surface area contributed by atoms with Crippen LogP contribution in [0.1, 0.15) is 40.5 Å². The Morgan fingerprint density at radius 3 is 2.25 bits per heavy atom. The van der Waals surface area contributed by atoms with Crippen molar-refractivity contribution in [1.82, 2.24) is 15.1 Å².